The van der Waals surface area contributed by atoms with E-state index in [2.05, 4.69) is 16.0 Å². The van der Waals surface area contributed by atoms with Crippen LogP contribution in [0, 0.1) is 6.92 Å². The Bertz CT molecular complexity index is 794. The number of hydrogen-bond donors (Lipinski definition) is 3. The van der Waals surface area contributed by atoms with Crippen molar-refractivity contribution in [3.05, 3.63) is 57.6 Å². The number of halogens is 2. The molecule has 0 bridgehead atoms. The molecule has 3 amide bonds. The van der Waals surface area contributed by atoms with Crippen LogP contribution in [0.5, 0.6) is 0 Å². The number of carbonyl (C=O) groups is 2. The number of aryl methyl sites for hydroxylation is 1. The SMILES string of the molecule is CCC(=O)Nc1ccc(C)c(NC(=O)NCc2ccc(Cl)cc2Cl)c1. The highest BCUT2D eigenvalue weighted by Crippen LogP contribution is 2.22. The Labute approximate surface area is 156 Å². The minimum absolute atomic E-state index is 0.0864. The maximum absolute atomic E-state index is 12.1. The van der Waals surface area contributed by atoms with Gasteiger partial charge in [0.05, 0.1) is 0 Å². The van der Waals surface area contributed by atoms with Gasteiger partial charge in [-0.1, -0.05) is 42.3 Å². The molecule has 3 N–H and O–H groups in total. The summed E-state index contributed by atoms with van der Waals surface area (Å²) in [4.78, 5) is 23.6. The number of amides is 3. The molecule has 0 aromatic heterocycles. The molecule has 0 spiro atoms. The Hall–Kier alpha value is -2.24. The van der Waals surface area contributed by atoms with Crippen LogP contribution in [-0.4, -0.2) is 11.9 Å². The largest absolute Gasteiger partial charge is 0.334 e. The van der Waals surface area contributed by atoms with Crippen molar-refractivity contribution in [1.82, 2.24) is 5.32 Å². The van der Waals surface area contributed by atoms with E-state index >= 15 is 0 Å². The van der Waals surface area contributed by atoms with Gasteiger partial charge >= 0.3 is 6.03 Å². The normalized spacial score (nSPS) is 10.2. The first-order valence-electron chi connectivity index (χ1n) is 7.78. The number of hydrogen-bond acceptors (Lipinski definition) is 2. The van der Waals surface area contributed by atoms with Crippen molar-refractivity contribution in [1.29, 1.82) is 0 Å². The van der Waals surface area contributed by atoms with E-state index in [0.29, 0.717) is 27.8 Å². The zero-order valence-corrected chi connectivity index (χ0v) is 15.5. The summed E-state index contributed by atoms with van der Waals surface area (Å²) in [5, 5.41) is 9.31. The van der Waals surface area contributed by atoms with Gasteiger partial charge in [-0.05, 0) is 42.3 Å². The summed E-state index contributed by atoms with van der Waals surface area (Å²) < 4.78 is 0. The van der Waals surface area contributed by atoms with E-state index in [9.17, 15) is 9.59 Å². The molecule has 0 unspecified atom stereocenters. The lowest BCUT2D eigenvalue weighted by Crippen LogP contribution is -2.28. The van der Waals surface area contributed by atoms with Gasteiger partial charge in [-0.3, -0.25) is 4.79 Å². The van der Waals surface area contributed by atoms with E-state index in [0.717, 1.165) is 11.1 Å². The van der Waals surface area contributed by atoms with Crippen LogP contribution >= 0.6 is 23.2 Å². The summed E-state index contributed by atoms with van der Waals surface area (Å²) in [6.45, 7) is 3.92. The van der Waals surface area contributed by atoms with Crippen molar-refractivity contribution >= 4 is 46.5 Å². The molecule has 25 heavy (non-hydrogen) atoms. The van der Waals surface area contributed by atoms with Gasteiger partial charge in [0, 0.05) is 34.4 Å². The minimum Gasteiger partial charge on any atom is -0.334 e. The van der Waals surface area contributed by atoms with E-state index < -0.39 is 0 Å². The third-order valence-electron chi connectivity index (χ3n) is 3.55. The molecular weight excluding hydrogens is 361 g/mol. The molecule has 5 nitrogen and oxygen atoms in total. The zero-order chi connectivity index (χ0) is 18.4. The average molecular weight is 380 g/mol. The van der Waals surface area contributed by atoms with Gasteiger partial charge in [-0.2, -0.15) is 0 Å². The Balaban J connectivity index is 1.99. The van der Waals surface area contributed by atoms with Gasteiger partial charge in [0.2, 0.25) is 5.91 Å². The third-order valence-corrected chi connectivity index (χ3v) is 4.13. The van der Waals surface area contributed by atoms with Crippen molar-refractivity contribution in [3.8, 4) is 0 Å². The van der Waals surface area contributed by atoms with Crippen LogP contribution in [0.15, 0.2) is 36.4 Å². The third kappa shape index (κ3) is 5.66. The molecule has 0 atom stereocenters. The maximum Gasteiger partial charge on any atom is 0.319 e. The number of nitrogens with one attached hydrogen (secondary N) is 3. The second-order valence-electron chi connectivity index (χ2n) is 5.47. The van der Waals surface area contributed by atoms with Crippen molar-refractivity contribution in [3.63, 3.8) is 0 Å². The number of urea groups is 1. The molecule has 0 aliphatic carbocycles. The quantitative estimate of drug-likeness (QED) is 0.685. The van der Waals surface area contributed by atoms with Gasteiger partial charge < -0.3 is 16.0 Å². The molecule has 0 aliphatic rings. The summed E-state index contributed by atoms with van der Waals surface area (Å²) in [7, 11) is 0. The highest BCUT2D eigenvalue weighted by atomic mass is 35.5. The van der Waals surface area contributed by atoms with Crippen LogP contribution in [0.2, 0.25) is 10.0 Å². The average Bonchev–Trinajstić information content (AvgIpc) is 2.57. The van der Waals surface area contributed by atoms with Gasteiger partial charge in [0.25, 0.3) is 0 Å². The van der Waals surface area contributed by atoms with E-state index in [-0.39, 0.29) is 18.5 Å². The van der Waals surface area contributed by atoms with E-state index in [4.69, 9.17) is 23.2 Å². The maximum atomic E-state index is 12.1. The number of anilines is 2. The molecule has 132 valence electrons. The first-order chi connectivity index (χ1) is 11.9. The molecule has 2 aromatic carbocycles. The highest BCUT2D eigenvalue weighted by molar-refractivity contribution is 6.35. The number of carbonyl (C=O) groups excluding carboxylic acids is 2. The standard InChI is InChI=1S/C18H19Cl2N3O2/c1-3-17(24)22-14-7-4-11(2)16(9-14)23-18(25)21-10-12-5-6-13(19)8-15(12)20/h4-9H,3,10H2,1-2H3,(H,22,24)(H2,21,23,25). The molecular formula is C18H19Cl2N3O2. The lowest BCUT2D eigenvalue weighted by Gasteiger charge is -2.13. The fourth-order valence-electron chi connectivity index (χ4n) is 2.09. The fraction of sp³-hybridized carbons (Fsp3) is 0.222. The van der Waals surface area contributed by atoms with Gasteiger partial charge in [-0.25, -0.2) is 4.79 Å². The van der Waals surface area contributed by atoms with Crippen LogP contribution in [-0.2, 0) is 11.3 Å². The minimum atomic E-state index is -0.368. The van der Waals surface area contributed by atoms with Gasteiger partial charge in [-0.15, -0.1) is 0 Å². The molecule has 0 saturated carbocycles. The van der Waals surface area contributed by atoms with Crippen molar-refractivity contribution in [2.24, 2.45) is 0 Å². The zero-order valence-electron chi connectivity index (χ0n) is 14.0. The first kappa shape index (κ1) is 19.1. The van der Waals surface area contributed by atoms with Crippen LogP contribution in [0.1, 0.15) is 24.5 Å². The lowest BCUT2D eigenvalue weighted by molar-refractivity contribution is -0.115. The molecule has 0 saturated heterocycles. The molecule has 0 aliphatic heterocycles. The van der Waals surface area contributed by atoms with E-state index in [1.807, 2.05) is 13.0 Å². The van der Waals surface area contributed by atoms with Gasteiger partial charge in [0.1, 0.15) is 0 Å². The summed E-state index contributed by atoms with van der Waals surface area (Å²) in [6.07, 6.45) is 0.388. The smallest absolute Gasteiger partial charge is 0.319 e. The topological polar surface area (TPSA) is 70.2 Å². The highest BCUT2D eigenvalue weighted by Gasteiger charge is 2.08. The number of benzene rings is 2. The predicted molar refractivity (Wildman–Crippen MR) is 102 cm³/mol. The molecule has 7 heteroatoms. The Morgan fingerprint density at radius 3 is 2.48 bits per heavy atom. The predicted octanol–water partition coefficient (Wildman–Crippen LogP) is 4.97. The van der Waals surface area contributed by atoms with Crippen LogP contribution < -0.4 is 16.0 Å². The van der Waals surface area contributed by atoms with E-state index in [1.165, 1.54) is 0 Å². The molecule has 0 radical (unpaired) electrons. The van der Waals surface area contributed by atoms with Crippen LogP contribution in [0.3, 0.4) is 0 Å². The second kappa shape index (κ2) is 8.74. The summed E-state index contributed by atoms with van der Waals surface area (Å²) >= 11 is 11.9. The van der Waals surface area contributed by atoms with Crippen molar-refractivity contribution in [2.45, 2.75) is 26.8 Å². The Kier molecular flexibility index (Phi) is 6.67. The molecule has 0 heterocycles. The number of rotatable bonds is 5. The van der Waals surface area contributed by atoms with Gasteiger partial charge in [0.15, 0.2) is 0 Å². The molecule has 2 rings (SSSR count). The Morgan fingerprint density at radius 2 is 1.80 bits per heavy atom. The van der Waals surface area contributed by atoms with Crippen molar-refractivity contribution in [2.75, 3.05) is 10.6 Å². The monoisotopic (exact) mass is 379 g/mol. The Morgan fingerprint density at radius 1 is 1.04 bits per heavy atom. The summed E-state index contributed by atoms with van der Waals surface area (Å²) in [5.41, 5.74) is 2.90. The van der Waals surface area contributed by atoms with Crippen molar-refractivity contribution < 1.29 is 9.59 Å². The van der Waals surface area contributed by atoms with Crippen LogP contribution in [0.25, 0.3) is 0 Å². The van der Waals surface area contributed by atoms with Crippen LogP contribution in [0.4, 0.5) is 16.2 Å². The molecule has 2 aromatic rings. The lowest BCUT2D eigenvalue weighted by atomic mass is 10.1. The summed E-state index contributed by atoms with van der Waals surface area (Å²) in [6, 6.07) is 10.1. The summed E-state index contributed by atoms with van der Waals surface area (Å²) in [5.74, 6) is -0.0864. The van der Waals surface area contributed by atoms with E-state index in [1.54, 1.807) is 37.3 Å². The fourth-order valence-corrected chi connectivity index (χ4v) is 2.57. The first-order valence-corrected chi connectivity index (χ1v) is 8.54. The molecule has 0 fully saturated rings. The second-order valence-corrected chi connectivity index (χ2v) is 6.32.